The van der Waals surface area contributed by atoms with Gasteiger partial charge in [-0.3, -0.25) is 14.4 Å². The van der Waals surface area contributed by atoms with Gasteiger partial charge in [0.1, 0.15) is 11.9 Å². The lowest BCUT2D eigenvalue weighted by molar-refractivity contribution is -0.139. The molecule has 1 aliphatic heterocycles. The Morgan fingerprint density at radius 1 is 1.23 bits per heavy atom. The van der Waals surface area contributed by atoms with Gasteiger partial charge >= 0.3 is 5.97 Å². The number of fused-ring (bicyclic) bond motifs is 2. The molecule has 3 aromatic rings. The summed E-state index contributed by atoms with van der Waals surface area (Å²) in [5, 5.41) is 14.7. The molecule has 2 amide bonds. The van der Waals surface area contributed by atoms with Crippen LogP contribution >= 0.6 is 0 Å². The number of H-pyrrole nitrogens is 1. The van der Waals surface area contributed by atoms with E-state index in [0.29, 0.717) is 23.6 Å². The number of carbonyl (C=O) groups is 3. The minimum absolute atomic E-state index is 0.184. The molecular weight excluding hydrogens is 386 g/mol. The Labute approximate surface area is 172 Å². The summed E-state index contributed by atoms with van der Waals surface area (Å²) in [4.78, 5) is 45.3. The van der Waals surface area contributed by atoms with Gasteiger partial charge in [0.25, 0.3) is 5.91 Å². The number of carbonyl (C=O) groups excluding carboxylic acids is 2. The number of aliphatic carboxylic acids is 1. The summed E-state index contributed by atoms with van der Waals surface area (Å²) >= 11 is 0. The van der Waals surface area contributed by atoms with Crippen LogP contribution < -0.4 is 10.6 Å². The number of aromatic amines is 1. The van der Waals surface area contributed by atoms with E-state index in [-0.39, 0.29) is 24.8 Å². The minimum atomic E-state index is -1.06. The van der Waals surface area contributed by atoms with Crippen molar-refractivity contribution in [2.75, 3.05) is 12.4 Å². The molecule has 9 nitrogen and oxygen atoms in total. The fraction of sp³-hybridized carbons (Fsp3) is 0.238. The summed E-state index contributed by atoms with van der Waals surface area (Å²) in [7, 11) is 1.70. The van der Waals surface area contributed by atoms with Gasteiger partial charge in [-0.05, 0) is 35.9 Å². The molecule has 2 aromatic carbocycles. The van der Waals surface area contributed by atoms with E-state index < -0.39 is 12.0 Å². The molecule has 1 atom stereocenters. The number of carboxylic acids is 1. The lowest BCUT2D eigenvalue weighted by Crippen LogP contribution is -2.38. The molecule has 1 aliphatic rings. The number of benzene rings is 2. The normalized spacial score (nSPS) is 15.6. The first-order valence-electron chi connectivity index (χ1n) is 9.49. The minimum Gasteiger partial charge on any atom is -0.481 e. The summed E-state index contributed by atoms with van der Waals surface area (Å²) in [5.74, 6) is -0.947. The molecule has 30 heavy (non-hydrogen) atoms. The second-order valence-corrected chi connectivity index (χ2v) is 7.25. The number of imidazole rings is 1. The Kier molecular flexibility index (Phi) is 5.09. The van der Waals surface area contributed by atoms with E-state index in [4.69, 9.17) is 5.11 Å². The van der Waals surface area contributed by atoms with Gasteiger partial charge in [0.15, 0.2) is 0 Å². The Balaban J connectivity index is 1.50. The lowest BCUT2D eigenvalue weighted by Gasteiger charge is -2.18. The van der Waals surface area contributed by atoms with Gasteiger partial charge in [0.2, 0.25) is 5.91 Å². The standard InChI is InChI=1S/C21H21N5O4/c1-26(11-18-24-15-4-2-3-5-16(15)25-18)21(30)12-6-7-14-13(8-12)10-22-20(29)17(23-14)9-19(27)28/h2-8,17,23H,9-11H2,1H3,(H,22,29)(H,24,25)(H,27,28)/t17-/m0/s1. The smallest absolute Gasteiger partial charge is 0.305 e. The molecule has 0 aliphatic carbocycles. The number of rotatable bonds is 5. The Morgan fingerprint density at radius 3 is 2.80 bits per heavy atom. The third-order valence-corrected chi connectivity index (χ3v) is 5.00. The van der Waals surface area contributed by atoms with Gasteiger partial charge in [0, 0.05) is 24.8 Å². The maximum atomic E-state index is 12.9. The van der Waals surface area contributed by atoms with Crippen LogP contribution in [0.3, 0.4) is 0 Å². The van der Waals surface area contributed by atoms with Crippen molar-refractivity contribution in [1.82, 2.24) is 20.2 Å². The highest BCUT2D eigenvalue weighted by molar-refractivity contribution is 5.95. The number of nitrogens with zero attached hydrogens (tertiary/aromatic N) is 2. The number of nitrogens with one attached hydrogen (secondary N) is 3. The van der Waals surface area contributed by atoms with Crippen LogP contribution in [0, 0.1) is 0 Å². The Morgan fingerprint density at radius 2 is 2.03 bits per heavy atom. The van der Waals surface area contributed by atoms with Crippen LogP contribution in [0.1, 0.15) is 28.2 Å². The molecule has 0 radical (unpaired) electrons. The molecule has 9 heteroatoms. The van der Waals surface area contributed by atoms with Crippen LogP contribution in [-0.2, 0) is 22.7 Å². The SMILES string of the molecule is CN(Cc1nc2ccccc2[nH]1)C(=O)c1ccc2c(c1)CNC(=O)[C@H](CC(=O)O)N2. The predicted molar refractivity (Wildman–Crippen MR) is 110 cm³/mol. The largest absolute Gasteiger partial charge is 0.481 e. The van der Waals surface area contributed by atoms with Crippen molar-refractivity contribution < 1.29 is 19.5 Å². The molecular formula is C21H21N5O4. The molecule has 0 bridgehead atoms. The average molecular weight is 407 g/mol. The fourth-order valence-corrected chi connectivity index (χ4v) is 3.49. The molecule has 0 saturated carbocycles. The molecule has 0 fully saturated rings. The van der Waals surface area contributed by atoms with Crippen molar-refractivity contribution in [3.8, 4) is 0 Å². The van der Waals surface area contributed by atoms with E-state index in [2.05, 4.69) is 20.6 Å². The zero-order valence-corrected chi connectivity index (χ0v) is 16.3. The number of amides is 2. The second kappa shape index (κ2) is 7.86. The zero-order chi connectivity index (χ0) is 21.3. The first-order chi connectivity index (χ1) is 14.4. The lowest BCUT2D eigenvalue weighted by atomic mass is 10.1. The summed E-state index contributed by atoms with van der Waals surface area (Å²) in [5.41, 5.74) is 3.59. The van der Waals surface area contributed by atoms with Crippen molar-refractivity contribution in [3.05, 3.63) is 59.4 Å². The highest BCUT2D eigenvalue weighted by Crippen LogP contribution is 2.23. The van der Waals surface area contributed by atoms with E-state index in [0.717, 1.165) is 16.6 Å². The average Bonchev–Trinajstić information content (AvgIpc) is 3.06. The van der Waals surface area contributed by atoms with Crippen molar-refractivity contribution in [3.63, 3.8) is 0 Å². The number of hydrogen-bond donors (Lipinski definition) is 4. The van der Waals surface area contributed by atoms with E-state index in [1.807, 2.05) is 24.3 Å². The molecule has 4 N–H and O–H groups in total. The van der Waals surface area contributed by atoms with Gasteiger partial charge in [0.05, 0.1) is 24.0 Å². The van der Waals surface area contributed by atoms with Gasteiger partial charge < -0.3 is 25.6 Å². The number of aromatic nitrogens is 2. The van der Waals surface area contributed by atoms with E-state index in [1.165, 1.54) is 0 Å². The van der Waals surface area contributed by atoms with Crippen LogP contribution in [0.25, 0.3) is 11.0 Å². The Hall–Kier alpha value is -3.88. The van der Waals surface area contributed by atoms with Gasteiger partial charge in [-0.15, -0.1) is 0 Å². The molecule has 154 valence electrons. The summed E-state index contributed by atoms with van der Waals surface area (Å²) in [6.07, 6.45) is -0.327. The number of carboxylic acid groups (broad SMARTS) is 1. The van der Waals surface area contributed by atoms with E-state index in [9.17, 15) is 14.4 Å². The summed E-state index contributed by atoms with van der Waals surface area (Å²) < 4.78 is 0. The summed E-state index contributed by atoms with van der Waals surface area (Å²) in [6, 6.07) is 11.9. The quantitative estimate of drug-likeness (QED) is 0.510. The van der Waals surface area contributed by atoms with Crippen LogP contribution in [-0.4, -0.2) is 50.8 Å². The molecule has 4 rings (SSSR count). The third-order valence-electron chi connectivity index (χ3n) is 5.00. The fourth-order valence-electron chi connectivity index (χ4n) is 3.49. The molecule has 0 saturated heterocycles. The maximum Gasteiger partial charge on any atom is 0.305 e. The van der Waals surface area contributed by atoms with Crippen LogP contribution in [0.15, 0.2) is 42.5 Å². The van der Waals surface area contributed by atoms with Crippen LogP contribution in [0.5, 0.6) is 0 Å². The third kappa shape index (κ3) is 3.95. The monoisotopic (exact) mass is 407 g/mol. The highest BCUT2D eigenvalue weighted by Gasteiger charge is 2.26. The molecule has 2 heterocycles. The van der Waals surface area contributed by atoms with Crippen molar-refractivity contribution in [1.29, 1.82) is 0 Å². The molecule has 0 spiro atoms. The number of para-hydroxylation sites is 2. The maximum absolute atomic E-state index is 12.9. The van der Waals surface area contributed by atoms with Crippen LogP contribution in [0.4, 0.5) is 5.69 Å². The summed E-state index contributed by atoms with van der Waals surface area (Å²) in [6.45, 7) is 0.534. The van der Waals surface area contributed by atoms with E-state index >= 15 is 0 Å². The van der Waals surface area contributed by atoms with Gasteiger partial charge in [-0.2, -0.15) is 0 Å². The first kappa shape index (κ1) is 19.4. The van der Waals surface area contributed by atoms with Crippen LogP contribution in [0.2, 0.25) is 0 Å². The zero-order valence-electron chi connectivity index (χ0n) is 16.3. The van der Waals surface area contributed by atoms with Crippen molar-refractivity contribution in [2.45, 2.75) is 25.6 Å². The molecule has 1 aromatic heterocycles. The second-order valence-electron chi connectivity index (χ2n) is 7.25. The first-order valence-corrected chi connectivity index (χ1v) is 9.49. The number of anilines is 1. The molecule has 0 unspecified atom stereocenters. The number of hydrogen-bond acceptors (Lipinski definition) is 5. The highest BCUT2D eigenvalue weighted by atomic mass is 16.4. The van der Waals surface area contributed by atoms with Gasteiger partial charge in [-0.25, -0.2) is 4.98 Å². The topological polar surface area (TPSA) is 127 Å². The van der Waals surface area contributed by atoms with Crippen molar-refractivity contribution in [2.24, 2.45) is 0 Å². The van der Waals surface area contributed by atoms with E-state index in [1.54, 1.807) is 30.1 Å². The Bertz CT molecular complexity index is 1110. The predicted octanol–water partition coefficient (Wildman–Crippen LogP) is 1.72. The van der Waals surface area contributed by atoms with Gasteiger partial charge in [-0.1, -0.05) is 12.1 Å². The van der Waals surface area contributed by atoms with Crippen molar-refractivity contribution >= 4 is 34.5 Å².